The van der Waals surface area contributed by atoms with Gasteiger partial charge in [-0.2, -0.15) is 0 Å². The van der Waals surface area contributed by atoms with Crippen LogP contribution in [0, 0.1) is 5.92 Å². The van der Waals surface area contributed by atoms with Crippen LogP contribution in [0.4, 0.5) is 0 Å². The van der Waals surface area contributed by atoms with Crippen LogP contribution in [0.1, 0.15) is 39.0 Å². The molecule has 1 saturated carbocycles. The van der Waals surface area contributed by atoms with Crippen molar-refractivity contribution in [2.75, 3.05) is 19.8 Å². The maximum Gasteiger partial charge on any atom is 0.320 e. The number of carbonyl (C=O) groups is 1. The third kappa shape index (κ3) is 3.66. The molecule has 1 aromatic rings. The van der Waals surface area contributed by atoms with Crippen molar-refractivity contribution < 1.29 is 19.4 Å². The predicted molar refractivity (Wildman–Crippen MR) is 91.6 cm³/mol. The molecule has 3 atom stereocenters. The summed E-state index contributed by atoms with van der Waals surface area (Å²) in [7, 11) is 0. The van der Waals surface area contributed by atoms with Gasteiger partial charge in [0.05, 0.1) is 6.61 Å². The van der Waals surface area contributed by atoms with E-state index in [1.807, 2.05) is 31.2 Å². The Bertz CT molecular complexity index is 562. The van der Waals surface area contributed by atoms with Crippen molar-refractivity contribution >= 4 is 5.97 Å². The van der Waals surface area contributed by atoms with Crippen LogP contribution in [0.15, 0.2) is 24.3 Å². The Morgan fingerprint density at radius 3 is 2.62 bits per heavy atom. The minimum atomic E-state index is -0.695. The highest BCUT2D eigenvalue weighted by molar-refractivity contribution is 5.74. The molecule has 0 spiro atoms. The Morgan fingerprint density at radius 2 is 1.92 bits per heavy atom. The van der Waals surface area contributed by atoms with Crippen LogP contribution in [0.3, 0.4) is 0 Å². The number of benzene rings is 1. The number of rotatable bonds is 7. The van der Waals surface area contributed by atoms with E-state index in [9.17, 15) is 9.90 Å². The van der Waals surface area contributed by atoms with Crippen molar-refractivity contribution in [3.8, 4) is 11.5 Å². The molecule has 1 aliphatic carbocycles. The van der Waals surface area contributed by atoms with Gasteiger partial charge >= 0.3 is 5.97 Å². The van der Waals surface area contributed by atoms with Gasteiger partial charge in [-0.25, -0.2) is 0 Å². The van der Waals surface area contributed by atoms with E-state index in [1.54, 1.807) is 0 Å². The highest BCUT2D eigenvalue weighted by Crippen LogP contribution is 2.39. The molecule has 3 rings (SSSR count). The minimum Gasteiger partial charge on any atom is -0.490 e. The van der Waals surface area contributed by atoms with E-state index < -0.39 is 5.97 Å². The molecule has 1 heterocycles. The summed E-state index contributed by atoms with van der Waals surface area (Å²) in [5.41, 5.74) is 0. The highest BCUT2D eigenvalue weighted by atomic mass is 16.5. The van der Waals surface area contributed by atoms with E-state index in [4.69, 9.17) is 9.47 Å². The first-order chi connectivity index (χ1) is 11.7. The van der Waals surface area contributed by atoms with Crippen molar-refractivity contribution in [2.24, 2.45) is 5.92 Å². The smallest absolute Gasteiger partial charge is 0.320 e. The lowest BCUT2D eigenvalue weighted by Gasteiger charge is -2.32. The second-order valence-electron chi connectivity index (χ2n) is 6.67. The fourth-order valence-electron chi connectivity index (χ4n) is 4.22. The van der Waals surface area contributed by atoms with Gasteiger partial charge in [0, 0.05) is 12.6 Å². The average molecular weight is 333 g/mol. The number of aliphatic carboxylic acids is 1. The summed E-state index contributed by atoms with van der Waals surface area (Å²) in [4.78, 5) is 13.8. The minimum absolute atomic E-state index is 0.358. The second-order valence-corrected chi connectivity index (χ2v) is 6.67. The van der Waals surface area contributed by atoms with Crippen LogP contribution in [0.5, 0.6) is 11.5 Å². The summed E-state index contributed by atoms with van der Waals surface area (Å²) in [6.45, 7) is 3.68. The van der Waals surface area contributed by atoms with E-state index in [-0.39, 0.29) is 6.04 Å². The largest absolute Gasteiger partial charge is 0.490 e. The first-order valence-corrected chi connectivity index (χ1v) is 9.04. The fourth-order valence-corrected chi connectivity index (χ4v) is 4.22. The number of likely N-dealkylation sites (tertiary alicyclic amines) is 1. The van der Waals surface area contributed by atoms with Gasteiger partial charge in [-0.05, 0) is 44.2 Å². The zero-order chi connectivity index (χ0) is 16.9. The molecule has 0 radical (unpaired) electrons. The summed E-state index contributed by atoms with van der Waals surface area (Å²) in [6, 6.07) is 7.68. The van der Waals surface area contributed by atoms with Gasteiger partial charge in [0.1, 0.15) is 12.6 Å². The summed E-state index contributed by atoms with van der Waals surface area (Å²) in [6.07, 6.45) is 5.51. The van der Waals surface area contributed by atoms with Crippen LogP contribution in [0.2, 0.25) is 0 Å². The first-order valence-electron chi connectivity index (χ1n) is 9.04. The molecule has 0 amide bonds. The summed E-state index contributed by atoms with van der Waals surface area (Å²) >= 11 is 0. The van der Waals surface area contributed by atoms with Gasteiger partial charge in [0.15, 0.2) is 11.5 Å². The molecular weight excluding hydrogens is 306 g/mol. The summed E-state index contributed by atoms with van der Waals surface area (Å²) < 4.78 is 11.5. The highest BCUT2D eigenvalue weighted by Gasteiger charge is 2.44. The van der Waals surface area contributed by atoms with Crippen LogP contribution < -0.4 is 9.47 Å². The van der Waals surface area contributed by atoms with Crippen LogP contribution in [0.25, 0.3) is 0 Å². The van der Waals surface area contributed by atoms with Gasteiger partial charge in [-0.3, -0.25) is 9.69 Å². The molecule has 24 heavy (non-hydrogen) atoms. The second kappa shape index (κ2) is 7.88. The summed E-state index contributed by atoms with van der Waals surface area (Å²) in [5, 5.41) is 9.56. The van der Waals surface area contributed by atoms with Gasteiger partial charge in [0.25, 0.3) is 0 Å². The molecule has 132 valence electrons. The number of fused-ring (bicyclic) bond motifs is 1. The topological polar surface area (TPSA) is 59.0 Å². The Labute approximate surface area is 143 Å². The lowest BCUT2D eigenvalue weighted by Crippen LogP contribution is -2.44. The van der Waals surface area contributed by atoms with Crippen LogP contribution >= 0.6 is 0 Å². The van der Waals surface area contributed by atoms with Crippen molar-refractivity contribution in [2.45, 2.75) is 51.1 Å². The molecule has 2 fully saturated rings. The molecule has 1 saturated heterocycles. The lowest BCUT2D eigenvalue weighted by atomic mass is 9.85. The third-order valence-corrected chi connectivity index (χ3v) is 5.26. The molecule has 1 aliphatic heterocycles. The zero-order valence-electron chi connectivity index (χ0n) is 14.3. The molecule has 1 aromatic carbocycles. The number of hydrogen-bond acceptors (Lipinski definition) is 4. The SMILES string of the molecule is CCOc1ccccc1OCCN1C(C(=O)O)CC2CCCCC21. The van der Waals surface area contributed by atoms with E-state index in [2.05, 4.69) is 4.90 Å². The summed E-state index contributed by atoms with van der Waals surface area (Å²) in [5.74, 6) is 1.31. The van der Waals surface area contributed by atoms with Crippen LogP contribution in [-0.4, -0.2) is 47.8 Å². The van der Waals surface area contributed by atoms with E-state index >= 15 is 0 Å². The van der Waals surface area contributed by atoms with Gasteiger partial charge in [-0.1, -0.05) is 25.0 Å². The standard InChI is InChI=1S/C19H27NO4/c1-2-23-17-9-5-6-10-18(17)24-12-11-20-15-8-4-3-7-14(15)13-16(20)19(21)22/h5-6,9-10,14-16H,2-4,7-8,11-13H2,1H3,(H,21,22). The zero-order valence-corrected chi connectivity index (χ0v) is 14.3. The third-order valence-electron chi connectivity index (χ3n) is 5.26. The Hall–Kier alpha value is -1.75. The Balaban J connectivity index is 1.61. The predicted octanol–water partition coefficient (Wildman–Crippen LogP) is 3.18. The molecule has 1 N–H and O–H groups in total. The van der Waals surface area contributed by atoms with Gasteiger partial charge in [-0.15, -0.1) is 0 Å². The number of nitrogens with zero attached hydrogens (tertiary/aromatic N) is 1. The Kier molecular flexibility index (Phi) is 5.61. The maximum absolute atomic E-state index is 11.6. The van der Waals surface area contributed by atoms with E-state index in [0.717, 1.165) is 24.3 Å². The number of carboxylic acids is 1. The normalized spacial score (nSPS) is 26.8. The number of para-hydroxylation sites is 2. The molecule has 5 nitrogen and oxygen atoms in total. The van der Waals surface area contributed by atoms with E-state index in [1.165, 1.54) is 19.3 Å². The fraction of sp³-hybridized carbons (Fsp3) is 0.632. The van der Waals surface area contributed by atoms with Crippen molar-refractivity contribution in [1.82, 2.24) is 4.90 Å². The van der Waals surface area contributed by atoms with Crippen LogP contribution in [-0.2, 0) is 4.79 Å². The number of hydrogen-bond donors (Lipinski definition) is 1. The lowest BCUT2D eigenvalue weighted by molar-refractivity contribution is -0.142. The number of ether oxygens (including phenoxy) is 2. The van der Waals surface area contributed by atoms with Gasteiger partial charge in [0.2, 0.25) is 0 Å². The number of carboxylic acid groups (broad SMARTS) is 1. The van der Waals surface area contributed by atoms with Crippen molar-refractivity contribution in [1.29, 1.82) is 0 Å². The quantitative estimate of drug-likeness (QED) is 0.830. The van der Waals surface area contributed by atoms with E-state index in [0.29, 0.717) is 31.7 Å². The molecular formula is C19H27NO4. The molecule has 0 bridgehead atoms. The molecule has 5 heteroatoms. The van der Waals surface area contributed by atoms with Gasteiger partial charge < -0.3 is 14.6 Å². The Morgan fingerprint density at radius 1 is 1.21 bits per heavy atom. The first kappa shape index (κ1) is 17.1. The van der Waals surface area contributed by atoms with Crippen molar-refractivity contribution in [3.63, 3.8) is 0 Å². The van der Waals surface area contributed by atoms with Crippen molar-refractivity contribution in [3.05, 3.63) is 24.3 Å². The molecule has 3 unspecified atom stereocenters. The molecule has 0 aromatic heterocycles. The average Bonchev–Trinajstić information content (AvgIpc) is 2.96. The molecule has 2 aliphatic rings. The monoisotopic (exact) mass is 333 g/mol. The maximum atomic E-state index is 11.6.